The SMILES string of the molecule is COc1cc(C(=O)NNC(=O)c2ccc(C(C)C)cc2)cc(OC)c1OC. The van der Waals surface area contributed by atoms with Gasteiger partial charge in [-0.3, -0.25) is 20.4 Å². The third-order valence-electron chi connectivity index (χ3n) is 4.06. The van der Waals surface area contributed by atoms with E-state index >= 15 is 0 Å². The first kappa shape index (κ1) is 20.1. The normalized spacial score (nSPS) is 10.3. The van der Waals surface area contributed by atoms with Gasteiger partial charge in [-0.15, -0.1) is 0 Å². The number of hydrogen-bond acceptors (Lipinski definition) is 5. The summed E-state index contributed by atoms with van der Waals surface area (Å²) in [6.07, 6.45) is 0. The Kier molecular flexibility index (Phi) is 6.65. The Morgan fingerprint density at radius 3 is 1.67 bits per heavy atom. The first-order valence-electron chi connectivity index (χ1n) is 8.41. The van der Waals surface area contributed by atoms with Crippen LogP contribution in [0.15, 0.2) is 36.4 Å². The molecule has 0 aliphatic heterocycles. The number of carbonyl (C=O) groups excluding carboxylic acids is 2. The number of ether oxygens (including phenoxy) is 3. The minimum absolute atomic E-state index is 0.250. The molecule has 0 bridgehead atoms. The highest BCUT2D eigenvalue weighted by molar-refractivity contribution is 5.99. The Hall–Kier alpha value is -3.22. The minimum Gasteiger partial charge on any atom is -0.493 e. The van der Waals surface area contributed by atoms with Crippen molar-refractivity contribution < 1.29 is 23.8 Å². The summed E-state index contributed by atoms with van der Waals surface area (Å²) in [6.45, 7) is 4.15. The fraction of sp³-hybridized carbons (Fsp3) is 0.300. The fourth-order valence-corrected chi connectivity index (χ4v) is 2.49. The largest absolute Gasteiger partial charge is 0.493 e. The zero-order chi connectivity index (χ0) is 20.0. The molecule has 2 rings (SSSR count). The fourth-order valence-electron chi connectivity index (χ4n) is 2.49. The number of hydrogen-bond donors (Lipinski definition) is 2. The lowest BCUT2D eigenvalue weighted by Gasteiger charge is -2.14. The van der Waals surface area contributed by atoms with E-state index in [4.69, 9.17) is 14.2 Å². The minimum atomic E-state index is -0.513. The smallest absolute Gasteiger partial charge is 0.269 e. The molecule has 0 saturated carbocycles. The van der Waals surface area contributed by atoms with Crippen molar-refractivity contribution >= 4 is 11.8 Å². The van der Waals surface area contributed by atoms with Crippen molar-refractivity contribution in [2.24, 2.45) is 0 Å². The van der Waals surface area contributed by atoms with Crippen LogP contribution in [0.5, 0.6) is 17.2 Å². The standard InChI is InChI=1S/C20H24N2O5/c1-12(2)13-6-8-14(9-7-13)19(23)21-22-20(24)15-10-16(25-3)18(27-5)17(11-15)26-4/h6-12H,1-5H3,(H,21,23)(H,22,24). The van der Waals surface area contributed by atoms with Gasteiger partial charge in [0.15, 0.2) is 11.5 Å². The lowest BCUT2D eigenvalue weighted by molar-refractivity contribution is 0.0846. The van der Waals surface area contributed by atoms with E-state index in [2.05, 4.69) is 24.7 Å². The molecule has 0 atom stereocenters. The highest BCUT2D eigenvalue weighted by Crippen LogP contribution is 2.38. The number of carbonyl (C=O) groups is 2. The van der Waals surface area contributed by atoms with Gasteiger partial charge in [0.25, 0.3) is 11.8 Å². The summed E-state index contributed by atoms with van der Waals surface area (Å²) in [5.41, 5.74) is 6.61. The van der Waals surface area contributed by atoms with E-state index in [1.807, 2.05) is 12.1 Å². The van der Waals surface area contributed by atoms with Crippen molar-refractivity contribution in [1.29, 1.82) is 0 Å². The van der Waals surface area contributed by atoms with Crippen LogP contribution in [-0.4, -0.2) is 33.1 Å². The third kappa shape index (κ3) is 4.69. The Morgan fingerprint density at radius 1 is 0.778 bits per heavy atom. The summed E-state index contributed by atoms with van der Waals surface area (Å²) < 4.78 is 15.7. The van der Waals surface area contributed by atoms with Crippen LogP contribution in [0.1, 0.15) is 46.0 Å². The molecule has 27 heavy (non-hydrogen) atoms. The van der Waals surface area contributed by atoms with Gasteiger partial charge in [-0.1, -0.05) is 26.0 Å². The predicted octanol–water partition coefficient (Wildman–Crippen LogP) is 2.91. The van der Waals surface area contributed by atoms with Crippen LogP contribution in [0.3, 0.4) is 0 Å². The molecule has 144 valence electrons. The van der Waals surface area contributed by atoms with Gasteiger partial charge in [-0.05, 0) is 35.7 Å². The molecule has 0 fully saturated rings. The van der Waals surface area contributed by atoms with E-state index in [-0.39, 0.29) is 5.56 Å². The average Bonchev–Trinajstić information content (AvgIpc) is 2.70. The van der Waals surface area contributed by atoms with Gasteiger partial charge < -0.3 is 14.2 Å². The van der Waals surface area contributed by atoms with Crippen LogP contribution in [0.2, 0.25) is 0 Å². The quantitative estimate of drug-likeness (QED) is 0.762. The highest BCUT2D eigenvalue weighted by Gasteiger charge is 2.17. The van der Waals surface area contributed by atoms with Crippen LogP contribution >= 0.6 is 0 Å². The maximum absolute atomic E-state index is 12.4. The maximum Gasteiger partial charge on any atom is 0.269 e. The molecule has 2 aromatic rings. The molecule has 0 unspecified atom stereocenters. The van der Waals surface area contributed by atoms with E-state index in [9.17, 15) is 9.59 Å². The Balaban J connectivity index is 2.09. The van der Waals surface area contributed by atoms with Gasteiger partial charge in [0, 0.05) is 11.1 Å². The summed E-state index contributed by atoms with van der Waals surface area (Å²) in [5, 5.41) is 0. The molecule has 0 aliphatic carbocycles. The summed E-state index contributed by atoms with van der Waals surface area (Å²) in [6, 6.07) is 10.2. The molecule has 0 heterocycles. The van der Waals surface area contributed by atoms with E-state index in [0.717, 1.165) is 5.56 Å². The van der Waals surface area contributed by atoms with Crippen LogP contribution in [0.25, 0.3) is 0 Å². The molecule has 0 aromatic heterocycles. The van der Waals surface area contributed by atoms with E-state index in [0.29, 0.717) is 28.7 Å². The van der Waals surface area contributed by atoms with Gasteiger partial charge in [-0.25, -0.2) is 0 Å². The molecular weight excluding hydrogens is 348 g/mol. The molecular formula is C20H24N2O5. The van der Waals surface area contributed by atoms with E-state index < -0.39 is 11.8 Å². The number of methoxy groups -OCH3 is 3. The molecule has 7 heteroatoms. The van der Waals surface area contributed by atoms with Crippen LogP contribution in [0, 0.1) is 0 Å². The zero-order valence-electron chi connectivity index (χ0n) is 16.1. The Bertz CT molecular complexity index is 791. The number of rotatable bonds is 6. The van der Waals surface area contributed by atoms with Gasteiger partial charge in [0.2, 0.25) is 5.75 Å². The van der Waals surface area contributed by atoms with E-state index in [1.165, 1.54) is 33.5 Å². The third-order valence-corrected chi connectivity index (χ3v) is 4.06. The van der Waals surface area contributed by atoms with Crippen molar-refractivity contribution in [2.45, 2.75) is 19.8 Å². The second-order valence-electron chi connectivity index (χ2n) is 6.10. The van der Waals surface area contributed by atoms with Crippen molar-refractivity contribution in [3.8, 4) is 17.2 Å². The average molecular weight is 372 g/mol. The topological polar surface area (TPSA) is 85.9 Å². The van der Waals surface area contributed by atoms with Gasteiger partial charge in [0.1, 0.15) is 0 Å². The van der Waals surface area contributed by atoms with Crippen LogP contribution < -0.4 is 25.1 Å². The zero-order valence-corrected chi connectivity index (χ0v) is 16.1. The summed E-state index contributed by atoms with van der Waals surface area (Å²) >= 11 is 0. The summed E-state index contributed by atoms with van der Waals surface area (Å²) in [5.74, 6) is 0.523. The molecule has 2 aromatic carbocycles. The Morgan fingerprint density at radius 2 is 1.26 bits per heavy atom. The van der Waals surface area contributed by atoms with Crippen LogP contribution in [0.4, 0.5) is 0 Å². The second-order valence-corrected chi connectivity index (χ2v) is 6.10. The van der Waals surface area contributed by atoms with Gasteiger partial charge in [0.05, 0.1) is 21.3 Å². The lowest BCUT2D eigenvalue weighted by Crippen LogP contribution is -2.41. The molecule has 0 radical (unpaired) electrons. The molecule has 0 aliphatic rings. The Labute approximate surface area is 158 Å². The highest BCUT2D eigenvalue weighted by atomic mass is 16.5. The van der Waals surface area contributed by atoms with Gasteiger partial charge in [-0.2, -0.15) is 0 Å². The first-order valence-corrected chi connectivity index (χ1v) is 8.41. The van der Waals surface area contributed by atoms with Crippen LogP contribution in [-0.2, 0) is 0 Å². The molecule has 0 saturated heterocycles. The first-order chi connectivity index (χ1) is 12.9. The molecule has 0 spiro atoms. The maximum atomic E-state index is 12.4. The van der Waals surface area contributed by atoms with E-state index in [1.54, 1.807) is 12.1 Å². The van der Waals surface area contributed by atoms with Crippen molar-refractivity contribution in [1.82, 2.24) is 10.9 Å². The number of amides is 2. The summed E-state index contributed by atoms with van der Waals surface area (Å²) in [4.78, 5) is 24.6. The molecule has 2 amide bonds. The molecule has 7 nitrogen and oxygen atoms in total. The monoisotopic (exact) mass is 372 g/mol. The lowest BCUT2D eigenvalue weighted by atomic mass is 10.0. The predicted molar refractivity (Wildman–Crippen MR) is 102 cm³/mol. The van der Waals surface area contributed by atoms with Gasteiger partial charge >= 0.3 is 0 Å². The van der Waals surface area contributed by atoms with Crippen molar-refractivity contribution in [3.63, 3.8) is 0 Å². The number of nitrogens with one attached hydrogen (secondary N) is 2. The van der Waals surface area contributed by atoms with Crippen molar-refractivity contribution in [3.05, 3.63) is 53.1 Å². The molecule has 2 N–H and O–H groups in total. The number of hydrazine groups is 1. The second kappa shape index (κ2) is 8.93. The summed E-state index contributed by atoms with van der Waals surface area (Å²) in [7, 11) is 4.40. The number of benzene rings is 2. The van der Waals surface area contributed by atoms with Crippen molar-refractivity contribution in [2.75, 3.05) is 21.3 Å².